The molecule has 1 fully saturated rings. The summed E-state index contributed by atoms with van der Waals surface area (Å²) in [7, 11) is 0. The molecule has 0 amide bonds. The van der Waals surface area contributed by atoms with E-state index in [4.69, 9.17) is 11.6 Å². The number of rotatable bonds is 7. The van der Waals surface area contributed by atoms with Crippen molar-refractivity contribution >= 4 is 23.4 Å². The predicted molar refractivity (Wildman–Crippen MR) is 81.7 cm³/mol. The summed E-state index contributed by atoms with van der Waals surface area (Å²) in [6.07, 6.45) is 5.17. The Bertz CT molecular complexity index is 331. The fourth-order valence-corrected chi connectivity index (χ4v) is 3.69. The highest BCUT2D eigenvalue weighted by Crippen LogP contribution is 2.23. The molecule has 0 bridgehead atoms. The van der Waals surface area contributed by atoms with Gasteiger partial charge in [-0.1, -0.05) is 18.2 Å². The Kier molecular flexibility index (Phi) is 6.39. The van der Waals surface area contributed by atoms with Gasteiger partial charge >= 0.3 is 0 Å². The number of nitrogens with zero attached hydrogens (tertiary/aromatic N) is 1. The summed E-state index contributed by atoms with van der Waals surface area (Å²) in [5.74, 6) is 2.00. The number of thioether (sulfide) groups is 1. The molecule has 1 aromatic rings. The summed E-state index contributed by atoms with van der Waals surface area (Å²) in [4.78, 5) is 4.04. The van der Waals surface area contributed by atoms with Crippen LogP contribution >= 0.6 is 23.4 Å². The van der Waals surface area contributed by atoms with Crippen molar-refractivity contribution in [3.05, 3.63) is 30.3 Å². The molecule has 0 radical (unpaired) electrons. The molecule has 0 aliphatic carbocycles. The lowest BCUT2D eigenvalue weighted by molar-refractivity contribution is 0.257. The average Bonchev–Trinajstić information content (AvgIpc) is 2.85. The molecule has 1 nitrogen and oxygen atoms in total. The van der Waals surface area contributed by atoms with Gasteiger partial charge in [0.1, 0.15) is 0 Å². The van der Waals surface area contributed by atoms with Crippen LogP contribution in [0.4, 0.5) is 0 Å². The zero-order valence-corrected chi connectivity index (χ0v) is 12.4. The SMILES string of the molecule is ClCCCC1CCCN1CCSc1ccccc1. The van der Waals surface area contributed by atoms with E-state index in [-0.39, 0.29) is 0 Å². The van der Waals surface area contributed by atoms with Crippen LogP contribution in [-0.2, 0) is 0 Å². The summed E-state index contributed by atoms with van der Waals surface area (Å²) in [6, 6.07) is 11.5. The lowest BCUT2D eigenvalue weighted by atomic mass is 10.1. The summed E-state index contributed by atoms with van der Waals surface area (Å²) in [5, 5.41) is 0. The van der Waals surface area contributed by atoms with E-state index >= 15 is 0 Å². The zero-order chi connectivity index (χ0) is 12.6. The number of benzene rings is 1. The van der Waals surface area contributed by atoms with E-state index in [1.807, 2.05) is 11.8 Å². The van der Waals surface area contributed by atoms with Gasteiger partial charge < -0.3 is 0 Å². The molecule has 1 aliphatic rings. The minimum atomic E-state index is 0.792. The summed E-state index contributed by atoms with van der Waals surface area (Å²) < 4.78 is 0. The van der Waals surface area contributed by atoms with E-state index in [1.54, 1.807) is 0 Å². The van der Waals surface area contributed by atoms with Crippen LogP contribution in [0.1, 0.15) is 25.7 Å². The molecule has 3 heteroatoms. The van der Waals surface area contributed by atoms with Gasteiger partial charge in [-0.05, 0) is 44.4 Å². The van der Waals surface area contributed by atoms with Crippen molar-refractivity contribution in [2.75, 3.05) is 24.7 Å². The summed E-state index contributed by atoms with van der Waals surface area (Å²) >= 11 is 7.75. The van der Waals surface area contributed by atoms with Gasteiger partial charge in [0.05, 0.1) is 0 Å². The normalized spacial score (nSPS) is 20.4. The van der Waals surface area contributed by atoms with Gasteiger partial charge in [0, 0.05) is 29.1 Å². The monoisotopic (exact) mass is 283 g/mol. The smallest absolute Gasteiger partial charge is 0.0224 e. The van der Waals surface area contributed by atoms with Gasteiger partial charge in [-0.25, -0.2) is 0 Å². The maximum absolute atomic E-state index is 5.79. The van der Waals surface area contributed by atoms with Gasteiger partial charge in [-0.3, -0.25) is 4.90 Å². The standard InChI is InChI=1S/C15H22ClNS/c16-10-4-6-14-7-5-11-17(14)12-13-18-15-8-2-1-3-9-15/h1-3,8-9,14H,4-7,10-13H2. The van der Waals surface area contributed by atoms with Crippen LogP contribution in [0.15, 0.2) is 35.2 Å². The van der Waals surface area contributed by atoms with Crippen LogP contribution < -0.4 is 0 Å². The van der Waals surface area contributed by atoms with Crippen molar-refractivity contribution in [2.24, 2.45) is 0 Å². The quantitative estimate of drug-likeness (QED) is 0.543. The van der Waals surface area contributed by atoms with Crippen molar-refractivity contribution in [3.8, 4) is 0 Å². The molecule has 1 atom stereocenters. The number of likely N-dealkylation sites (tertiary alicyclic amines) is 1. The fourth-order valence-electron chi connectivity index (χ4n) is 2.63. The van der Waals surface area contributed by atoms with Crippen LogP contribution in [-0.4, -0.2) is 35.7 Å². The number of hydrogen-bond acceptors (Lipinski definition) is 2. The molecule has 0 spiro atoms. The average molecular weight is 284 g/mol. The van der Waals surface area contributed by atoms with Crippen LogP contribution in [0, 0.1) is 0 Å². The van der Waals surface area contributed by atoms with E-state index in [0.29, 0.717) is 0 Å². The Morgan fingerprint density at radius 1 is 1.28 bits per heavy atom. The topological polar surface area (TPSA) is 3.24 Å². The van der Waals surface area contributed by atoms with Crippen molar-refractivity contribution in [1.29, 1.82) is 0 Å². The highest BCUT2D eigenvalue weighted by Gasteiger charge is 2.23. The zero-order valence-electron chi connectivity index (χ0n) is 10.9. The third-order valence-corrected chi connectivity index (χ3v) is 4.82. The van der Waals surface area contributed by atoms with Gasteiger partial charge in [0.25, 0.3) is 0 Å². The minimum Gasteiger partial charge on any atom is -0.300 e. The van der Waals surface area contributed by atoms with Crippen LogP contribution in [0.25, 0.3) is 0 Å². The summed E-state index contributed by atoms with van der Waals surface area (Å²) in [6.45, 7) is 2.49. The number of halogens is 1. The molecule has 1 aromatic carbocycles. The maximum atomic E-state index is 5.79. The van der Waals surface area contributed by atoms with Crippen LogP contribution in [0.3, 0.4) is 0 Å². The molecule has 100 valence electrons. The Labute approximate surface area is 120 Å². The lowest BCUT2D eigenvalue weighted by Gasteiger charge is -2.23. The van der Waals surface area contributed by atoms with Crippen LogP contribution in [0.5, 0.6) is 0 Å². The molecular weight excluding hydrogens is 262 g/mol. The molecule has 0 aromatic heterocycles. The minimum absolute atomic E-state index is 0.792. The Balaban J connectivity index is 1.69. The Morgan fingerprint density at radius 3 is 2.89 bits per heavy atom. The van der Waals surface area contributed by atoms with Gasteiger partial charge in [0.15, 0.2) is 0 Å². The second-order valence-electron chi connectivity index (χ2n) is 4.82. The number of hydrogen-bond donors (Lipinski definition) is 0. The van der Waals surface area contributed by atoms with E-state index < -0.39 is 0 Å². The lowest BCUT2D eigenvalue weighted by Crippen LogP contribution is -2.31. The van der Waals surface area contributed by atoms with Crippen molar-refractivity contribution in [2.45, 2.75) is 36.6 Å². The number of alkyl halides is 1. The molecule has 0 N–H and O–H groups in total. The first kappa shape index (κ1) is 14.2. The molecule has 1 aliphatic heterocycles. The molecule has 1 saturated heterocycles. The van der Waals surface area contributed by atoms with E-state index in [9.17, 15) is 0 Å². The Morgan fingerprint density at radius 2 is 2.11 bits per heavy atom. The molecule has 0 saturated carbocycles. The van der Waals surface area contributed by atoms with E-state index in [1.165, 1.54) is 43.0 Å². The fraction of sp³-hybridized carbons (Fsp3) is 0.600. The molecule has 18 heavy (non-hydrogen) atoms. The van der Waals surface area contributed by atoms with Crippen LogP contribution in [0.2, 0.25) is 0 Å². The van der Waals surface area contributed by atoms with Crippen molar-refractivity contribution in [1.82, 2.24) is 4.90 Å². The first-order valence-corrected chi connectivity index (χ1v) is 8.40. The second-order valence-corrected chi connectivity index (χ2v) is 6.37. The van der Waals surface area contributed by atoms with E-state index in [2.05, 4.69) is 35.2 Å². The first-order valence-electron chi connectivity index (χ1n) is 6.88. The van der Waals surface area contributed by atoms with Gasteiger partial charge in [0.2, 0.25) is 0 Å². The molecule has 1 heterocycles. The molecular formula is C15H22ClNS. The van der Waals surface area contributed by atoms with Gasteiger partial charge in [-0.15, -0.1) is 23.4 Å². The maximum Gasteiger partial charge on any atom is 0.0224 e. The largest absolute Gasteiger partial charge is 0.300 e. The Hall–Kier alpha value is -0.180. The third kappa shape index (κ3) is 4.49. The van der Waals surface area contributed by atoms with Gasteiger partial charge in [-0.2, -0.15) is 0 Å². The molecule has 2 rings (SSSR count). The van der Waals surface area contributed by atoms with Crippen molar-refractivity contribution in [3.63, 3.8) is 0 Å². The highest BCUT2D eigenvalue weighted by atomic mass is 35.5. The first-order chi connectivity index (χ1) is 8.90. The third-order valence-electron chi connectivity index (χ3n) is 3.56. The molecule has 1 unspecified atom stereocenters. The van der Waals surface area contributed by atoms with E-state index in [0.717, 1.165) is 18.3 Å². The highest BCUT2D eigenvalue weighted by molar-refractivity contribution is 7.99. The predicted octanol–water partition coefficient (Wildman–Crippen LogP) is 4.26. The van der Waals surface area contributed by atoms with Crippen molar-refractivity contribution < 1.29 is 0 Å². The summed E-state index contributed by atoms with van der Waals surface area (Å²) in [5.41, 5.74) is 0. The second kappa shape index (κ2) is 8.08.